The molecule has 166 valence electrons. The molecule has 2 saturated heterocycles. The van der Waals surface area contributed by atoms with E-state index in [9.17, 15) is 9.59 Å². The van der Waals surface area contributed by atoms with E-state index in [1.165, 1.54) is 18.3 Å². The Morgan fingerprint density at radius 3 is 2.61 bits per heavy atom. The van der Waals surface area contributed by atoms with E-state index in [1.807, 2.05) is 24.9 Å². The Balaban J connectivity index is 1.36. The number of hydrogen-bond donors (Lipinski definition) is 2. The Bertz CT molecular complexity index is 962. The summed E-state index contributed by atoms with van der Waals surface area (Å²) in [4.78, 5) is 38.2. The number of likely N-dealkylation sites (tertiary alicyclic amines) is 1. The van der Waals surface area contributed by atoms with Crippen LogP contribution in [0.15, 0.2) is 18.3 Å². The number of anilines is 1. The number of carbonyl (C=O) groups is 2. The molecule has 2 N–H and O–H groups in total. The number of piperidine rings is 1. The number of carbonyl (C=O) groups excluding carboxylic acids is 2. The largest absolute Gasteiger partial charge is 0.331 e. The average molecular weight is 443 g/mol. The maximum atomic E-state index is 12.7. The molecular formula is C22H30N6O2S. The number of aromatic nitrogens is 2. The van der Waals surface area contributed by atoms with Gasteiger partial charge in [0.25, 0.3) is 0 Å². The van der Waals surface area contributed by atoms with Crippen LogP contribution in [0, 0.1) is 13.8 Å². The first kappa shape index (κ1) is 21.7. The molecule has 0 aromatic carbocycles. The fourth-order valence-corrected chi connectivity index (χ4v) is 5.58. The van der Waals surface area contributed by atoms with E-state index in [4.69, 9.17) is 0 Å². The topological polar surface area (TPSA) is 90.5 Å². The Kier molecular flexibility index (Phi) is 5.98. The zero-order chi connectivity index (χ0) is 22.2. The maximum absolute atomic E-state index is 12.7. The molecule has 3 amide bonds. The van der Waals surface area contributed by atoms with E-state index < -0.39 is 0 Å². The van der Waals surface area contributed by atoms with Crippen molar-refractivity contribution in [3.05, 3.63) is 40.2 Å². The summed E-state index contributed by atoms with van der Waals surface area (Å²) in [5.41, 5.74) is 2.94. The molecule has 0 saturated carbocycles. The van der Waals surface area contributed by atoms with Crippen LogP contribution in [0.1, 0.15) is 54.6 Å². The second-order valence-electron chi connectivity index (χ2n) is 8.79. The van der Waals surface area contributed by atoms with Crippen LogP contribution in [0.3, 0.4) is 0 Å². The fraction of sp³-hybridized carbons (Fsp3) is 0.545. The van der Waals surface area contributed by atoms with Gasteiger partial charge >= 0.3 is 6.03 Å². The van der Waals surface area contributed by atoms with Gasteiger partial charge in [-0.1, -0.05) is 0 Å². The Morgan fingerprint density at radius 1 is 1.29 bits per heavy atom. The summed E-state index contributed by atoms with van der Waals surface area (Å²) < 4.78 is 0. The molecule has 2 aliphatic rings. The van der Waals surface area contributed by atoms with Crippen LogP contribution < -0.4 is 10.6 Å². The molecule has 1 atom stereocenters. The van der Waals surface area contributed by atoms with E-state index in [0.29, 0.717) is 11.7 Å². The minimum atomic E-state index is -0.153. The SMILES string of the molecule is CC(=O)Nc1ncc([C@@H](C)N2CCC3(CC2)CN(Cc2cc(C)nc(C)c2)C(=O)N3)s1. The van der Waals surface area contributed by atoms with Crippen molar-refractivity contribution in [1.29, 1.82) is 0 Å². The van der Waals surface area contributed by atoms with Gasteiger partial charge in [0.15, 0.2) is 5.13 Å². The minimum Gasteiger partial charge on any atom is -0.331 e. The Hall–Kier alpha value is -2.52. The normalized spacial score (nSPS) is 19.5. The van der Waals surface area contributed by atoms with Crippen LogP contribution in [-0.2, 0) is 11.3 Å². The summed E-state index contributed by atoms with van der Waals surface area (Å²) in [7, 11) is 0. The third kappa shape index (κ3) is 4.88. The molecule has 2 fully saturated rings. The Morgan fingerprint density at radius 2 is 1.97 bits per heavy atom. The Labute approximate surface area is 187 Å². The highest BCUT2D eigenvalue weighted by Crippen LogP contribution is 2.35. The summed E-state index contributed by atoms with van der Waals surface area (Å²) >= 11 is 1.52. The van der Waals surface area contributed by atoms with E-state index in [2.05, 4.69) is 44.6 Å². The number of pyridine rings is 1. The standard InChI is InChI=1S/C22H30N6O2S/c1-14-9-18(10-15(2)24-14)12-28-13-22(26-21(28)30)5-7-27(8-6-22)16(3)19-11-23-20(31-19)25-17(4)29/h9-11,16H,5-8,12-13H2,1-4H3,(H,26,30)(H,23,25,29)/t16-/m1/s1. The highest BCUT2D eigenvalue weighted by atomic mass is 32.1. The molecule has 2 aromatic rings. The molecule has 0 unspecified atom stereocenters. The van der Waals surface area contributed by atoms with Crippen LogP contribution in [0.5, 0.6) is 0 Å². The van der Waals surface area contributed by atoms with Crippen molar-refractivity contribution in [2.75, 3.05) is 25.0 Å². The zero-order valence-corrected chi connectivity index (χ0v) is 19.4. The number of thiazole rings is 1. The summed E-state index contributed by atoms with van der Waals surface area (Å²) in [6.07, 6.45) is 3.69. The number of nitrogens with one attached hydrogen (secondary N) is 2. The van der Waals surface area contributed by atoms with Gasteiger partial charge in [-0.05, 0) is 51.3 Å². The summed E-state index contributed by atoms with van der Waals surface area (Å²) in [6, 6.07) is 4.36. The first-order chi connectivity index (χ1) is 14.7. The van der Waals surface area contributed by atoms with E-state index in [-0.39, 0.29) is 23.5 Å². The number of rotatable bonds is 5. The molecule has 0 bridgehead atoms. The smallest absolute Gasteiger partial charge is 0.318 e. The summed E-state index contributed by atoms with van der Waals surface area (Å²) in [5.74, 6) is -0.105. The summed E-state index contributed by atoms with van der Waals surface area (Å²) in [6.45, 7) is 10.8. The van der Waals surface area contributed by atoms with Crippen molar-refractivity contribution in [2.45, 2.75) is 58.7 Å². The first-order valence-electron chi connectivity index (χ1n) is 10.7. The monoisotopic (exact) mass is 442 g/mol. The second kappa shape index (κ2) is 8.55. The van der Waals surface area contributed by atoms with Crippen molar-refractivity contribution < 1.29 is 9.59 Å². The summed E-state index contributed by atoms with van der Waals surface area (Å²) in [5, 5.41) is 6.68. The maximum Gasteiger partial charge on any atom is 0.318 e. The molecule has 0 aliphatic carbocycles. The van der Waals surface area contributed by atoms with Gasteiger partial charge in [-0.25, -0.2) is 9.78 Å². The molecule has 8 nitrogen and oxygen atoms in total. The fourth-order valence-electron chi connectivity index (χ4n) is 4.63. The zero-order valence-electron chi connectivity index (χ0n) is 18.6. The van der Waals surface area contributed by atoms with Crippen molar-refractivity contribution in [3.63, 3.8) is 0 Å². The molecule has 9 heteroatoms. The molecule has 1 spiro atoms. The van der Waals surface area contributed by atoms with Crippen molar-refractivity contribution in [1.82, 2.24) is 25.1 Å². The van der Waals surface area contributed by atoms with Gasteiger partial charge in [0.2, 0.25) is 5.91 Å². The molecular weight excluding hydrogens is 412 g/mol. The lowest BCUT2D eigenvalue weighted by Crippen LogP contribution is -2.52. The molecule has 2 aromatic heterocycles. The van der Waals surface area contributed by atoms with Gasteiger partial charge in [-0.3, -0.25) is 14.7 Å². The number of urea groups is 1. The van der Waals surface area contributed by atoms with Crippen molar-refractivity contribution >= 4 is 28.4 Å². The molecule has 4 rings (SSSR count). The number of hydrogen-bond acceptors (Lipinski definition) is 6. The van der Waals surface area contributed by atoms with Gasteiger partial charge in [0, 0.05) is 61.6 Å². The predicted molar refractivity (Wildman–Crippen MR) is 121 cm³/mol. The molecule has 4 heterocycles. The predicted octanol–water partition coefficient (Wildman–Crippen LogP) is 3.23. The van der Waals surface area contributed by atoms with Crippen LogP contribution in [-0.4, -0.2) is 56.9 Å². The van der Waals surface area contributed by atoms with Crippen LogP contribution in [0.2, 0.25) is 0 Å². The van der Waals surface area contributed by atoms with Crippen molar-refractivity contribution in [2.24, 2.45) is 0 Å². The third-order valence-corrected chi connectivity index (χ3v) is 7.27. The number of amides is 3. The first-order valence-corrected chi connectivity index (χ1v) is 11.5. The van der Waals surface area contributed by atoms with Crippen molar-refractivity contribution in [3.8, 4) is 0 Å². The van der Waals surface area contributed by atoms with E-state index in [1.54, 1.807) is 0 Å². The van der Waals surface area contributed by atoms with E-state index in [0.717, 1.165) is 54.3 Å². The van der Waals surface area contributed by atoms with Gasteiger partial charge < -0.3 is 15.5 Å². The highest BCUT2D eigenvalue weighted by Gasteiger charge is 2.44. The van der Waals surface area contributed by atoms with Gasteiger partial charge in [0.1, 0.15) is 0 Å². The van der Waals surface area contributed by atoms with Gasteiger partial charge in [-0.2, -0.15) is 0 Å². The van der Waals surface area contributed by atoms with Crippen LogP contribution in [0.25, 0.3) is 0 Å². The van der Waals surface area contributed by atoms with E-state index >= 15 is 0 Å². The third-order valence-electron chi connectivity index (χ3n) is 6.19. The lowest BCUT2D eigenvalue weighted by molar-refractivity contribution is -0.114. The molecule has 2 aliphatic heterocycles. The van der Waals surface area contributed by atoms with Gasteiger partial charge in [0.05, 0.1) is 5.54 Å². The van der Waals surface area contributed by atoms with Crippen LogP contribution >= 0.6 is 11.3 Å². The number of nitrogens with zero attached hydrogens (tertiary/aromatic N) is 4. The highest BCUT2D eigenvalue weighted by molar-refractivity contribution is 7.15. The second-order valence-corrected chi connectivity index (χ2v) is 9.85. The lowest BCUT2D eigenvalue weighted by atomic mass is 9.87. The quantitative estimate of drug-likeness (QED) is 0.742. The minimum absolute atomic E-state index is 0.0241. The average Bonchev–Trinajstić information content (AvgIpc) is 3.25. The van der Waals surface area contributed by atoms with Gasteiger partial charge in [-0.15, -0.1) is 11.3 Å². The van der Waals surface area contributed by atoms with Crippen LogP contribution in [0.4, 0.5) is 9.93 Å². The lowest BCUT2D eigenvalue weighted by Gasteiger charge is -2.41. The molecule has 0 radical (unpaired) electrons. The molecule has 31 heavy (non-hydrogen) atoms. The number of aryl methyl sites for hydroxylation is 2.